The third kappa shape index (κ3) is 7.75. The topological polar surface area (TPSA) is 96.5 Å². The zero-order valence-corrected chi connectivity index (χ0v) is 17.6. The van der Waals surface area contributed by atoms with Gasteiger partial charge in [-0.2, -0.15) is 0 Å². The van der Waals surface area contributed by atoms with Gasteiger partial charge in [0.2, 0.25) is 0 Å². The second kappa shape index (κ2) is 11.4. The second-order valence-electron chi connectivity index (χ2n) is 7.96. The third-order valence-corrected chi connectivity index (χ3v) is 5.10. The average molecular weight is 404 g/mol. The fraction of sp³-hybridized carbons (Fsp3) is 0.591. The summed E-state index contributed by atoms with van der Waals surface area (Å²) in [5, 5.41) is 8.31. The molecule has 160 valence electrons. The van der Waals surface area contributed by atoms with Gasteiger partial charge in [0.25, 0.3) is 5.91 Å². The monoisotopic (exact) mass is 403 g/mol. The van der Waals surface area contributed by atoms with E-state index in [0.717, 1.165) is 25.7 Å². The number of nitrogens with one attached hydrogen (secondary N) is 3. The van der Waals surface area contributed by atoms with Crippen LogP contribution in [0.25, 0.3) is 0 Å². The summed E-state index contributed by atoms with van der Waals surface area (Å²) in [5.74, 6) is -1.10. The van der Waals surface area contributed by atoms with Crippen LogP contribution in [0.3, 0.4) is 0 Å². The van der Waals surface area contributed by atoms with Gasteiger partial charge in [-0.05, 0) is 37.8 Å². The van der Waals surface area contributed by atoms with Crippen LogP contribution in [-0.2, 0) is 14.3 Å². The Balaban J connectivity index is 1.87. The van der Waals surface area contributed by atoms with E-state index >= 15 is 0 Å². The van der Waals surface area contributed by atoms with Crippen molar-refractivity contribution in [3.8, 4) is 0 Å². The normalized spacial score (nSPS) is 17.0. The zero-order chi connectivity index (χ0) is 21.2. The van der Waals surface area contributed by atoms with Gasteiger partial charge in [-0.3, -0.25) is 4.79 Å². The molecule has 0 spiro atoms. The van der Waals surface area contributed by atoms with Gasteiger partial charge in [0.05, 0.1) is 0 Å². The minimum Gasteiger partial charge on any atom is -0.451 e. The standard InChI is InChI=1S/C22H33N3O4/c1-15(2)19(25-22(28)24-18-13-9-6-10-14-18)21(27)29-16(3)20(26)23-17-11-7-4-5-8-12-17/h6,9-10,13-17,19H,4-5,7-8,11-12H2,1-3H3,(H,23,26)(H2,24,25,28)/t16-,19+/m0/s1. The second-order valence-corrected chi connectivity index (χ2v) is 7.96. The van der Waals surface area contributed by atoms with Gasteiger partial charge < -0.3 is 20.7 Å². The zero-order valence-electron chi connectivity index (χ0n) is 17.6. The Hall–Kier alpha value is -2.57. The van der Waals surface area contributed by atoms with Crippen molar-refractivity contribution < 1.29 is 19.1 Å². The number of carbonyl (C=O) groups is 3. The molecule has 1 aliphatic carbocycles. The molecule has 1 aromatic rings. The van der Waals surface area contributed by atoms with E-state index in [1.165, 1.54) is 12.8 Å². The molecule has 29 heavy (non-hydrogen) atoms. The number of benzene rings is 1. The Kier molecular flexibility index (Phi) is 8.96. The van der Waals surface area contributed by atoms with Crippen LogP contribution in [0, 0.1) is 5.92 Å². The first-order valence-corrected chi connectivity index (χ1v) is 10.5. The van der Waals surface area contributed by atoms with E-state index in [1.54, 1.807) is 31.2 Å². The Morgan fingerprint density at radius 1 is 0.966 bits per heavy atom. The number of rotatable bonds is 7. The average Bonchev–Trinajstić information content (AvgIpc) is 2.95. The molecule has 3 N–H and O–H groups in total. The van der Waals surface area contributed by atoms with Crippen molar-refractivity contribution >= 4 is 23.6 Å². The maximum Gasteiger partial charge on any atom is 0.329 e. The van der Waals surface area contributed by atoms with Crippen LogP contribution in [-0.4, -0.2) is 36.1 Å². The van der Waals surface area contributed by atoms with Crippen LogP contribution in [0.2, 0.25) is 0 Å². The number of hydrogen-bond acceptors (Lipinski definition) is 4. The van der Waals surface area contributed by atoms with E-state index in [-0.39, 0.29) is 17.9 Å². The summed E-state index contributed by atoms with van der Waals surface area (Å²) in [7, 11) is 0. The number of anilines is 1. The number of carbonyl (C=O) groups excluding carboxylic acids is 3. The van der Waals surface area contributed by atoms with Crippen LogP contribution in [0.4, 0.5) is 10.5 Å². The molecule has 2 rings (SSSR count). The van der Waals surface area contributed by atoms with E-state index in [0.29, 0.717) is 5.69 Å². The Morgan fingerprint density at radius 3 is 2.17 bits per heavy atom. The number of amides is 3. The summed E-state index contributed by atoms with van der Waals surface area (Å²) >= 11 is 0. The highest BCUT2D eigenvalue weighted by Gasteiger charge is 2.29. The van der Waals surface area contributed by atoms with Gasteiger partial charge in [-0.25, -0.2) is 9.59 Å². The SMILES string of the molecule is CC(C)[C@@H](NC(=O)Nc1ccccc1)C(=O)O[C@@H](C)C(=O)NC1CCCCCC1. The number of urea groups is 1. The highest BCUT2D eigenvalue weighted by molar-refractivity contribution is 5.93. The van der Waals surface area contributed by atoms with E-state index in [2.05, 4.69) is 16.0 Å². The maximum atomic E-state index is 12.6. The summed E-state index contributed by atoms with van der Waals surface area (Å²) in [6.07, 6.45) is 5.62. The van der Waals surface area contributed by atoms with Gasteiger partial charge in [0.15, 0.2) is 6.10 Å². The lowest BCUT2D eigenvalue weighted by Gasteiger charge is -2.24. The molecule has 0 bridgehead atoms. The molecule has 7 nitrogen and oxygen atoms in total. The molecule has 0 aliphatic heterocycles. The first kappa shape index (κ1) is 22.7. The molecule has 2 atom stereocenters. The van der Waals surface area contributed by atoms with E-state index < -0.39 is 24.1 Å². The van der Waals surface area contributed by atoms with Crippen molar-refractivity contribution in [2.45, 2.75) is 77.5 Å². The third-order valence-electron chi connectivity index (χ3n) is 5.10. The van der Waals surface area contributed by atoms with Crippen LogP contribution in [0.1, 0.15) is 59.3 Å². The Bertz CT molecular complexity index is 670. The lowest BCUT2D eigenvalue weighted by molar-refractivity contribution is -0.157. The maximum absolute atomic E-state index is 12.6. The minimum absolute atomic E-state index is 0.141. The van der Waals surface area contributed by atoms with Crippen molar-refractivity contribution in [3.05, 3.63) is 30.3 Å². The van der Waals surface area contributed by atoms with E-state index in [1.807, 2.05) is 19.9 Å². The molecular formula is C22H33N3O4. The summed E-state index contributed by atoms with van der Waals surface area (Å²) in [6, 6.07) is 7.75. The van der Waals surface area contributed by atoms with E-state index in [4.69, 9.17) is 4.74 Å². The molecule has 0 unspecified atom stereocenters. The number of hydrogen-bond donors (Lipinski definition) is 3. The fourth-order valence-electron chi connectivity index (χ4n) is 3.37. The summed E-state index contributed by atoms with van der Waals surface area (Å²) in [4.78, 5) is 37.3. The molecule has 0 radical (unpaired) electrons. The van der Waals surface area contributed by atoms with Crippen molar-refractivity contribution in [3.63, 3.8) is 0 Å². The lowest BCUT2D eigenvalue weighted by atomic mass is 10.0. The molecule has 1 aromatic carbocycles. The molecule has 7 heteroatoms. The number of ether oxygens (including phenoxy) is 1. The van der Waals surface area contributed by atoms with Gasteiger partial charge in [0.1, 0.15) is 6.04 Å². The van der Waals surface area contributed by atoms with Crippen LogP contribution in [0.15, 0.2) is 30.3 Å². The first-order chi connectivity index (χ1) is 13.9. The predicted molar refractivity (Wildman–Crippen MR) is 112 cm³/mol. The highest BCUT2D eigenvalue weighted by atomic mass is 16.5. The lowest BCUT2D eigenvalue weighted by Crippen LogP contribution is -2.49. The van der Waals surface area contributed by atoms with Gasteiger partial charge in [-0.15, -0.1) is 0 Å². The fourth-order valence-corrected chi connectivity index (χ4v) is 3.37. The van der Waals surface area contributed by atoms with Crippen molar-refractivity contribution in [1.82, 2.24) is 10.6 Å². The minimum atomic E-state index is -0.911. The highest BCUT2D eigenvalue weighted by Crippen LogP contribution is 2.17. The Morgan fingerprint density at radius 2 is 1.59 bits per heavy atom. The molecule has 0 saturated heterocycles. The Labute approximate surface area is 173 Å². The predicted octanol–water partition coefficient (Wildman–Crippen LogP) is 3.60. The number of esters is 1. The van der Waals surface area contributed by atoms with Crippen molar-refractivity contribution in [2.24, 2.45) is 5.92 Å². The van der Waals surface area contributed by atoms with Crippen LogP contribution in [0.5, 0.6) is 0 Å². The molecule has 1 saturated carbocycles. The molecule has 1 aliphatic rings. The summed E-state index contributed by atoms with van der Waals surface area (Å²) < 4.78 is 5.37. The largest absolute Gasteiger partial charge is 0.451 e. The molecule has 0 heterocycles. The molecule has 3 amide bonds. The molecule has 1 fully saturated rings. The van der Waals surface area contributed by atoms with Crippen LogP contribution < -0.4 is 16.0 Å². The molecular weight excluding hydrogens is 370 g/mol. The van der Waals surface area contributed by atoms with Gasteiger partial charge in [-0.1, -0.05) is 57.7 Å². The van der Waals surface area contributed by atoms with Crippen molar-refractivity contribution in [1.29, 1.82) is 0 Å². The smallest absolute Gasteiger partial charge is 0.329 e. The van der Waals surface area contributed by atoms with Gasteiger partial charge >= 0.3 is 12.0 Å². The van der Waals surface area contributed by atoms with Crippen molar-refractivity contribution in [2.75, 3.05) is 5.32 Å². The molecule has 0 aromatic heterocycles. The summed E-state index contributed by atoms with van der Waals surface area (Å²) in [6.45, 7) is 5.18. The van der Waals surface area contributed by atoms with Crippen LogP contribution >= 0.6 is 0 Å². The summed E-state index contributed by atoms with van der Waals surface area (Å²) in [5.41, 5.74) is 0.622. The number of para-hydroxylation sites is 1. The quantitative estimate of drug-likeness (QED) is 0.479. The van der Waals surface area contributed by atoms with Gasteiger partial charge in [0, 0.05) is 11.7 Å². The first-order valence-electron chi connectivity index (χ1n) is 10.5. The van der Waals surface area contributed by atoms with E-state index in [9.17, 15) is 14.4 Å².